The smallest absolute Gasteiger partial charge is 0.350 e. The molecule has 0 aliphatic carbocycles. The van der Waals surface area contributed by atoms with Crippen molar-refractivity contribution in [3.05, 3.63) is 35.4 Å². The minimum absolute atomic E-state index is 0.382. The van der Waals surface area contributed by atoms with Gasteiger partial charge in [0.25, 0.3) is 0 Å². The lowest BCUT2D eigenvalue weighted by atomic mass is 10.0. The average molecular weight is 233 g/mol. The molecule has 1 unspecified atom stereocenters. The fraction of sp³-hybridized carbons (Fsp3) is 0.250. The zero-order chi connectivity index (χ0) is 12.3. The van der Waals surface area contributed by atoms with Crippen molar-refractivity contribution in [1.82, 2.24) is 0 Å². The number of hydrogen-bond acceptors (Lipinski definition) is 5. The van der Waals surface area contributed by atoms with Crippen LogP contribution in [0.2, 0.25) is 0 Å². The molecule has 1 atom stereocenters. The van der Waals surface area contributed by atoms with Crippen LogP contribution in [0.1, 0.15) is 22.3 Å². The predicted octanol–water partition coefficient (Wildman–Crippen LogP) is 1.17. The van der Waals surface area contributed by atoms with Gasteiger partial charge in [0.2, 0.25) is 6.10 Å². The van der Waals surface area contributed by atoms with Crippen LogP contribution in [0.25, 0.3) is 0 Å². The Hall–Kier alpha value is -2.17. The summed E-state index contributed by atoms with van der Waals surface area (Å²) in [5.74, 6) is -0.437. The van der Waals surface area contributed by atoms with E-state index >= 15 is 0 Å². The van der Waals surface area contributed by atoms with Crippen molar-refractivity contribution in [2.45, 2.75) is 12.5 Å². The molecule has 2 rings (SSSR count). The van der Waals surface area contributed by atoms with Crippen molar-refractivity contribution in [2.24, 2.45) is 5.16 Å². The van der Waals surface area contributed by atoms with Crippen LogP contribution in [0.4, 0.5) is 0 Å². The normalized spacial score (nSPS) is 18.2. The van der Waals surface area contributed by atoms with Crippen LogP contribution in [0, 0.1) is 0 Å². The maximum absolute atomic E-state index is 11.2. The Labute approximate surface area is 98.0 Å². The highest BCUT2D eigenvalue weighted by atomic mass is 16.7. The largest absolute Gasteiger partial charge is 0.466 e. The van der Waals surface area contributed by atoms with Crippen molar-refractivity contribution in [2.75, 3.05) is 7.11 Å². The number of hydrogen-bond donors (Lipinski definition) is 0. The Balaban J connectivity index is 2.09. The fourth-order valence-electron chi connectivity index (χ4n) is 1.56. The van der Waals surface area contributed by atoms with Gasteiger partial charge in [-0.1, -0.05) is 29.4 Å². The van der Waals surface area contributed by atoms with Gasteiger partial charge in [-0.2, -0.15) is 0 Å². The molecule has 0 saturated carbocycles. The summed E-state index contributed by atoms with van der Waals surface area (Å²) in [5, 5.41) is 3.84. The number of benzene rings is 1. The van der Waals surface area contributed by atoms with Gasteiger partial charge in [-0.3, -0.25) is 4.79 Å². The zero-order valence-corrected chi connectivity index (χ0v) is 9.25. The Morgan fingerprint density at radius 1 is 1.47 bits per heavy atom. The van der Waals surface area contributed by atoms with E-state index in [4.69, 9.17) is 4.84 Å². The molecular weight excluding hydrogens is 222 g/mol. The van der Waals surface area contributed by atoms with E-state index in [0.717, 1.165) is 11.8 Å². The maximum atomic E-state index is 11.2. The van der Waals surface area contributed by atoms with Crippen LogP contribution >= 0.6 is 0 Å². The second-order valence-corrected chi connectivity index (χ2v) is 3.60. The molecule has 1 aliphatic heterocycles. The molecule has 0 amide bonds. The molecule has 0 saturated heterocycles. The maximum Gasteiger partial charge on any atom is 0.350 e. The molecule has 5 nitrogen and oxygen atoms in total. The summed E-state index contributed by atoms with van der Waals surface area (Å²) in [4.78, 5) is 26.7. The first kappa shape index (κ1) is 11.3. The number of carbonyl (C=O) groups is 2. The number of oxime groups is 1. The highest BCUT2D eigenvalue weighted by molar-refractivity contribution is 6.03. The van der Waals surface area contributed by atoms with E-state index in [-0.39, 0.29) is 0 Å². The van der Waals surface area contributed by atoms with Gasteiger partial charge in [0.15, 0.2) is 0 Å². The second kappa shape index (κ2) is 4.78. The van der Waals surface area contributed by atoms with Gasteiger partial charge in [0, 0.05) is 12.0 Å². The summed E-state index contributed by atoms with van der Waals surface area (Å²) in [6.45, 7) is 0. The van der Waals surface area contributed by atoms with E-state index in [0.29, 0.717) is 17.7 Å². The first-order valence-corrected chi connectivity index (χ1v) is 5.10. The Bertz CT molecular complexity index is 464. The standard InChI is InChI=1S/C12H11NO4/c1-16-12(15)11-6-10(13-17-11)9-4-2-8(7-14)3-5-9/h2-5,7,11H,6H2,1H3. The quantitative estimate of drug-likeness (QED) is 0.580. The second-order valence-electron chi connectivity index (χ2n) is 3.60. The van der Waals surface area contributed by atoms with Crippen LogP contribution in [0.5, 0.6) is 0 Å². The molecule has 1 aromatic rings. The molecule has 5 heteroatoms. The van der Waals surface area contributed by atoms with Gasteiger partial charge < -0.3 is 9.57 Å². The molecule has 1 aromatic carbocycles. The van der Waals surface area contributed by atoms with Crippen molar-refractivity contribution < 1.29 is 19.2 Å². The number of aldehydes is 1. The number of methoxy groups -OCH3 is 1. The average Bonchev–Trinajstić information content (AvgIpc) is 2.87. The topological polar surface area (TPSA) is 65.0 Å². The first-order chi connectivity index (χ1) is 8.24. The molecule has 17 heavy (non-hydrogen) atoms. The van der Waals surface area contributed by atoms with Crippen molar-refractivity contribution in [3.8, 4) is 0 Å². The number of esters is 1. The first-order valence-electron chi connectivity index (χ1n) is 5.10. The third-order valence-electron chi connectivity index (χ3n) is 2.51. The number of carbonyl (C=O) groups excluding carboxylic acids is 2. The van der Waals surface area contributed by atoms with Gasteiger partial charge in [0.1, 0.15) is 6.29 Å². The fourth-order valence-corrected chi connectivity index (χ4v) is 1.56. The van der Waals surface area contributed by atoms with Gasteiger partial charge in [-0.25, -0.2) is 4.79 Å². The van der Waals surface area contributed by atoms with Crippen LogP contribution in [-0.4, -0.2) is 31.2 Å². The van der Waals surface area contributed by atoms with E-state index in [9.17, 15) is 9.59 Å². The monoisotopic (exact) mass is 233 g/mol. The molecule has 0 bridgehead atoms. The SMILES string of the molecule is COC(=O)C1CC(c2ccc(C=O)cc2)=NO1. The summed E-state index contributed by atoms with van der Waals surface area (Å²) in [5.41, 5.74) is 2.11. The lowest BCUT2D eigenvalue weighted by Crippen LogP contribution is -2.22. The molecule has 1 heterocycles. The van der Waals surface area contributed by atoms with Gasteiger partial charge >= 0.3 is 5.97 Å². The number of nitrogens with zero attached hydrogens (tertiary/aromatic N) is 1. The van der Waals surface area contributed by atoms with E-state index in [1.165, 1.54) is 7.11 Å². The molecular formula is C12H11NO4. The lowest BCUT2D eigenvalue weighted by Gasteiger charge is -2.04. The summed E-state index contributed by atoms with van der Waals surface area (Å²) in [6, 6.07) is 6.92. The Morgan fingerprint density at radius 2 is 2.18 bits per heavy atom. The molecule has 88 valence electrons. The van der Waals surface area contributed by atoms with E-state index in [2.05, 4.69) is 9.89 Å². The minimum Gasteiger partial charge on any atom is -0.466 e. The van der Waals surface area contributed by atoms with E-state index in [1.807, 2.05) is 0 Å². The van der Waals surface area contributed by atoms with Crippen LogP contribution in [-0.2, 0) is 14.4 Å². The van der Waals surface area contributed by atoms with Crippen molar-refractivity contribution in [1.29, 1.82) is 0 Å². The molecule has 0 aromatic heterocycles. The Kier molecular flexibility index (Phi) is 3.18. The third-order valence-corrected chi connectivity index (χ3v) is 2.51. The van der Waals surface area contributed by atoms with Gasteiger partial charge in [-0.05, 0) is 5.56 Å². The van der Waals surface area contributed by atoms with E-state index < -0.39 is 12.1 Å². The van der Waals surface area contributed by atoms with Crippen molar-refractivity contribution >= 4 is 18.0 Å². The summed E-state index contributed by atoms with van der Waals surface area (Å²) < 4.78 is 4.57. The lowest BCUT2D eigenvalue weighted by molar-refractivity contribution is -0.152. The molecule has 0 fully saturated rings. The zero-order valence-electron chi connectivity index (χ0n) is 9.25. The van der Waals surface area contributed by atoms with Crippen LogP contribution < -0.4 is 0 Å². The van der Waals surface area contributed by atoms with Crippen LogP contribution in [0.15, 0.2) is 29.4 Å². The number of ether oxygens (including phenoxy) is 1. The summed E-state index contributed by atoms with van der Waals surface area (Å²) in [7, 11) is 1.31. The summed E-state index contributed by atoms with van der Waals surface area (Å²) in [6.07, 6.45) is 0.488. The number of rotatable bonds is 3. The van der Waals surface area contributed by atoms with Crippen molar-refractivity contribution in [3.63, 3.8) is 0 Å². The van der Waals surface area contributed by atoms with Gasteiger partial charge in [-0.15, -0.1) is 0 Å². The molecule has 1 aliphatic rings. The van der Waals surface area contributed by atoms with E-state index in [1.54, 1.807) is 24.3 Å². The molecule has 0 spiro atoms. The highest BCUT2D eigenvalue weighted by Crippen LogP contribution is 2.17. The molecule has 0 N–H and O–H groups in total. The Morgan fingerprint density at radius 3 is 2.76 bits per heavy atom. The third kappa shape index (κ3) is 2.33. The van der Waals surface area contributed by atoms with Gasteiger partial charge in [0.05, 0.1) is 12.8 Å². The predicted molar refractivity (Wildman–Crippen MR) is 59.9 cm³/mol. The van der Waals surface area contributed by atoms with Crippen LogP contribution in [0.3, 0.4) is 0 Å². The molecule has 0 radical (unpaired) electrons. The minimum atomic E-state index is -0.666. The highest BCUT2D eigenvalue weighted by Gasteiger charge is 2.29. The summed E-state index contributed by atoms with van der Waals surface area (Å²) >= 11 is 0.